The minimum Gasteiger partial charge on any atom is -0.357 e. The van der Waals surface area contributed by atoms with Gasteiger partial charge in [-0.25, -0.2) is 13.1 Å². The van der Waals surface area contributed by atoms with Gasteiger partial charge in [0.25, 0.3) is 0 Å². The van der Waals surface area contributed by atoms with Crippen LogP contribution in [0.3, 0.4) is 0 Å². The van der Waals surface area contributed by atoms with Crippen molar-refractivity contribution in [2.75, 3.05) is 31.9 Å². The van der Waals surface area contributed by atoms with E-state index in [2.05, 4.69) is 46.3 Å². The molecule has 1 rings (SSSR count). The minimum atomic E-state index is -3.15. The van der Waals surface area contributed by atoms with Gasteiger partial charge < -0.3 is 10.6 Å². The summed E-state index contributed by atoms with van der Waals surface area (Å²) in [5.74, 6) is 0.782. The van der Waals surface area contributed by atoms with Crippen LogP contribution < -0.4 is 15.4 Å². The summed E-state index contributed by atoms with van der Waals surface area (Å²) in [5, 5.41) is 6.33. The minimum absolute atomic E-state index is 0.0760. The zero-order chi connectivity index (χ0) is 18.1. The van der Waals surface area contributed by atoms with Crippen LogP contribution >= 0.6 is 0 Å². The summed E-state index contributed by atoms with van der Waals surface area (Å²) in [6, 6.07) is 10.3. The van der Waals surface area contributed by atoms with Gasteiger partial charge in [-0.15, -0.1) is 0 Å². The van der Waals surface area contributed by atoms with E-state index in [-0.39, 0.29) is 11.2 Å². The van der Waals surface area contributed by atoms with Crippen molar-refractivity contribution in [3.63, 3.8) is 0 Å². The van der Waals surface area contributed by atoms with Crippen LogP contribution in [0.1, 0.15) is 33.3 Å². The Labute approximate surface area is 146 Å². The number of guanidine groups is 1. The molecule has 0 heterocycles. The third-order valence-corrected chi connectivity index (χ3v) is 5.06. The predicted molar refractivity (Wildman–Crippen MR) is 101 cm³/mol. The molecule has 6 nitrogen and oxygen atoms in total. The van der Waals surface area contributed by atoms with Crippen LogP contribution in [-0.4, -0.2) is 46.3 Å². The van der Waals surface area contributed by atoms with Crippen LogP contribution in [0.25, 0.3) is 0 Å². The van der Waals surface area contributed by atoms with Crippen LogP contribution in [-0.2, 0) is 15.4 Å². The molecule has 1 aromatic rings. The predicted octanol–water partition coefficient (Wildman–Crippen LogP) is 1.46. The standard InChI is InChI=1S/C17H30N4O2S/c1-5-18-16(19-12-13-21-24(22,23)6-2)20-14-17(3,4)15-10-8-7-9-11-15/h7-11,21H,5-6,12-14H2,1-4H3,(H2,18,19,20). The Bertz CT molecular complexity index is 613. The maximum absolute atomic E-state index is 11.4. The lowest BCUT2D eigenvalue weighted by Gasteiger charge is -2.24. The Balaban J connectivity index is 2.59. The number of hydrogen-bond donors (Lipinski definition) is 3. The monoisotopic (exact) mass is 354 g/mol. The summed E-state index contributed by atoms with van der Waals surface area (Å²) in [6.07, 6.45) is 0. The van der Waals surface area contributed by atoms with Gasteiger partial charge in [-0.2, -0.15) is 0 Å². The van der Waals surface area contributed by atoms with Gasteiger partial charge in [0, 0.05) is 25.0 Å². The second-order valence-electron chi connectivity index (χ2n) is 6.17. The molecule has 0 spiro atoms. The molecule has 24 heavy (non-hydrogen) atoms. The van der Waals surface area contributed by atoms with Crippen LogP contribution in [0.5, 0.6) is 0 Å². The number of hydrogen-bond acceptors (Lipinski definition) is 3. The maximum atomic E-state index is 11.4. The van der Waals surface area contributed by atoms with E-state index in [0.29, 0.717) is 25.6 Å². The molecule has 0 aromatic heterocycles. The molecule has 0 amide bonds. The highest BCUT2D eigenvalue weighted by molar-refractivity contribution is 7.89. The molecule has 0 saturated heterocycles. The smallest absolute Gasteiger partial charge is 0.211 e. The number of nitrogens with one attached hydrogen (secondary N) is 3. The van der Waals surface area contributed by atoms with E-state index in [1.807, 2.05) is 25.1 Å². The van der Waals surface area contributed by atoms with Crippen molar-refractivity contribution in [1.82, 2.24) is 15.4 Å². The molecule has 1 aromatic carbocycles. The van der Waals surface area contributed by atoms with E-state index in [1.165, 1.54) is 5.56 Å². The van der Waals surface area contributed by atoms with Gasteiger partial charge in [-0.05, 0) is 19.4 Å². The van der Waals surface area contributed by atoms with Crippen molar-refractivity contribution in [3.05, 3.63) is 35.9 Å². The second-order valence-corrected chi connectivity index (χ2v) is 8.27. The van der Waals surface area contributed by atoms with E-state index < -0.39 is 10.0 Å². The molecule has 3 N–H and O–H groups in total. The Morgan fingerprint density at radius 3 is 2.33 bits per heavy atom. The summed E-state index contributed by atoms with van der Waals surface area (Å²) in [4.78, 5) is 4.63. The third-order valence-electron chi connectivity index (χ3n) is 3.65. The van der Waals surface area contributed by atoms with Crippen molar-refractivity contribution in [2.24, 2.45) is 4.99 Å². The summed E-state index contributed by atoms with van der Waals surface area (Å²) in [6.45, 7) is 10.1. The van der Waals surface area contributed by atoms with Crippen LogP contribution in [0, 0.1) is 0 Å². The lowest BCUT2D eigenvalue weighted by molar-refractivity contribution is 0.537. The third kappa shape index (κ3) is 7.31. The first-order valence-electron chi connectivity index (χ1n) is 8.36. The van der Waals surface area contributed by atoms with Gasteiger partial charge in [0.2, 0.25) is 10.0 Å². The fourth-order valence-corrected chi connectivity index (χ4v) is 2.71. The molecule has 7 heteroatoms. The Kier molecular flexibility index (Phi) is 8.21. The molecular formula is C17H30N4O2S. The van der Waals surface area contributed by atoms with E-state index >= 15 is 0 Å². The quantitative estimate of drug-likeness (QED) is 0.356. The first kappa shape index (κ1) is 20.4. The Morgan fingerprint density at radius 1 is 1.08 bits per heavy atom. The average molecular weight is 355 g/mol. The number of nitrogens with zero attached hydrogens (tertiary/aromatic N) is 1. The zero-order valence-corrected chi connectivity index (χ0v) is 15.9. The number of benzene rings is 1. The van der Waals surface area contributed by atoms with E-state index in [4.69, 9.17) is 0 Å². The van der Waals surface area contributed by atoms with E-state index in [9.17, 15) is 8.42 Å². The first-order valence-corrected chi connectivity index (χ1v) is 10.0. The summed E-state index contributed by atoms with van der Waals surface area (Å²) >= 11 is 0. The topological polar surface area (TPSA) is 82.6 Å². The maximum Gasteiger partial charge on any atom is 0.211 e. The van der Waals surface area contributed by atoms with E-state index in [1.54, 1.807) is 6.92 Å². The van der Waals surface area contributed by atoms with Crippen LogP contribution in [0.15, 0.2) is 35.3 Å². The van der Waals surface area contributed by atoms with Gasteiger partial charge in [-0.1, -0.05) is 44.2 Å². The molecule has 0 aliphatic rings. The molecule has 0 aliphatic carbocycles. The van der Waals surface area contributed by atoms with Crippen molar-refractivity contribution >= 4 is 16.0 Å². The summed E-state index contributed by atoms with van der Waals surface area (Å²) in [5.41, 5.74) is 1.16. The second kappa shape index (κ2) is 9.64. The Hall–Kier alpha value is -1.60. The molecule has 0 radical (unpaired) electrons. The highest BCUT2D eigenvalue weighted by Crippen LogP contribution is 2.22. The molecule has 0 unspecified atom stereocenters. The average Bonchev–Trinajstić information content (AvgIpc) is 2.57. The molecule has 0 saturated carbocycles. The van der Waals surface area contributed by atoms with Gasteiger partial charge in [-0.3, -0.25) is 4.99 Å². The highest BCUT2D eigenvalue weighted by atomic mass is 32.2. The first-order chi connectivity index (χ1) is 11.3. The van der Waals surface area contributed by atoms with Crippen molar-refractivity contribution in [3.8, 4) is 0 Å². The summed E-state index contributed by atoms with van der Waals surface area (Å²) in [7, 11) is -3.15. The van der Waals surface area contributed by atoms with Crippen molar-refractivity contribution in [2.45, 2.75) is 33.1 Å². The zero-order valence-electron chi connectivity index (χ0n) is 15.1. The van der Waals surface area contributed by atoms with Crippen LogP contribution in [0.4, 0.5) is 0 Å². The normalized spacial score (nSPS) is 12.9. The largest absolute Gasteiger partial charge is 0.357 e. The molecule has 0 atom stereocenters. The fraction of sp³-hybridized carbons (Fsp3) is 0.588. The fourth-order valence-electron chi connectivity index (χ4n) is 2.09. The molecular weight excluding hydrogens is 324 g/mol. The van der Waals surface area contributed by atoms with E-state index in [0.717, 1.165) is 6.54 Å². The van der Waals surface area contributed by atoms with Crippen molar-refractivity contribution < 1.29 is 8.42 Å². The van der Waals surface area contributed by atoms with Gasteiger partial charge in [0.05, 0.1) is 12.3 Å². The number of aliphatic imine (C=N–C) groups is 1. The summed E-state index contributed by atoms with van der Waals surface area (Å²) < 4.78 is 25.3. The SMILES string of the molecule is CCNC(=NCC(C)(C)c1ccccc1)NCCNS(=O)(=O)CC. The lowest BCUT2D eigenvalue weighted by Crippen LogP contribution is -2.42. The Morgan fingerprint density at radius 2 is 1.75 bits per heavy atom. The molecule has 0 fully saturated rings. The number of rotatable bonds is 9. The molecule has 136 valence electrons. The molecule has 0 aliphatic heterocycles. The lowest BCUT2D eigenvalue weighted by atomic mass is 9.85. The van der Waals surface area contributed by atoms with Gasteiger partial charge >= 0.3 is 0 Å². The highest BCUT2D eigenvalue weighted by Gasteiger charge is 2.20. The van der Waals surface area contributed by atoms with Crippen LogP contribution in [0.2, 0.25) is 0 Å². The van der Waals surface area contributed by atoms with Gasteiger partial charge in [0.1, 0.15) is 0 Å². The number of sulfonamides is 1. The van der Waals surface area contributed by atoms with Gasteiger partial charge in [0.15, 0.2) is 5.96 Å². The van der Waals surface area contributed by atoms with Crippen molar-refractivity contribution in [1.29, 1.82) is 0 Å². The molecule has 0 bridgehead atoms.